The molecule has 0 fully saturated rings. The lowest BCUT2D eigenvalue weighted by molar-refractivity contribution is -0.141. The predicted molar refractivity (Wildman–Crippen MR) is 72.9 cm³/mol. The molecule has 1 aromatic heterocycles. The van der Waals surface area contributed by atoms with E-state index in [0.717, 1.165) is 11.6 Å². The molecule has 120 valence electrons. The molecule has 0 aliphatic rings. The number of benzene rings is 1. The molecular formula is C14H9F3N2O3S. The van der Waals surface area contributed by atoms with Crippen molar-refractivity contribution in [2.75, 3.05) is 0 Å². The standard InChI is InChI=1S/C14H9F3N2O3S/c1-9-2-4-10(5-3-9)23(20,21)22-12-6-7-13(14(15,16)17)19-11(12)8-18/h2-7H,1H3. The molecule has 1 aromatic carbocycles. The Morgan fingerprint density at radius 3 is 2.26 bits per heavy atom. The SMILES string of the molecule is Cc1ccc(S(=O)(=O)Oc2ccc(C(F)(F)F)nc2C#N)cc1. The molecular weight excluding hydrogens is 333 g/mol. The molecule has 0 aliphatic carbocycles. The van der Waals surface area contributed by atoms with Crippen LogP contribution in [0.3, 0.4) is 0 Å². The molecule has 5 nitrogen and oxygen atoms in total. The molecule has 9 heteroatoms. The Morgan fingerprint density at radius 1 is 1.13 bits per heavy atom. The highest BCUT2D eigenvalue weighted by molar-refractivity contribution is 7.87. The fraction of sp³-hybridized carbons (Fsp3) is 0.143. The van der Waals surface area contributed by atoms with Gasteiger partial charge >= 0.3 is 16.3 Å². The molecule has 0 amide bonds. The van der Waals surface area contributed by atoms with Gasteiger partial charge in [-0.25, -0.2) is 4.98 Å². The number of pyridine rings is 1. The molecule has 23 heavy (non-hydrogen) atoms. The van der Waals surface area contributed by atoms with Gasteiger partial charge in [-0.2, -0.15) is 26.9 Å². The quantitative estimate of drug-likeness (QED) is 0.801. The summed E-state index contributed by atoms with van der Waals surface area (Å²) in [6, 6.07) is 8.32. The van der Waals surface area contributed by atoms with E-state index in [-0.39, 0.29) is 4.90 Å². The van der Waals surface area contributed by atoms with Gasteiger partial charge in [-0.3, -0.25) is 0 Å². The summed E-state index contributed by atoms with van der Waals surface area (Å²) in [6.07, 6.45) is -4.75. The summed E-state index contributed by atoms with van der Waals surface area (Å²) in [4.78, 5) is 2.89. The molecule has 0 bridgehead atoms. The molecule has 0 atom stereocenters. The van der Waals surface area contributed by atoms with Crippen LogP contribution in [0.2, 0.25) is 0 Å². The van der Waals surface area contributed by atoms with Crippen LogP contribution in [0.5, 0.6) is 5.75 Å². The summed E-state index contributed by atoms with van der Waals surface area (Å²) in [5.41, 5.74) is -1.26. The Bertz CT molecular complexity index is 870. The van der Waals surface area contributed by atoms with E-state index in [4.69, 9.17) is 9.44 Å². The van der Waals surface area contributed by atoms with Crippen LogP contribution in [0, 0.1) is 18.3 Å². The smallest absolute Gasteiger partial charge is 0.376 e. The van der Waals surface area contributed by atoms with Crippen molar-refractivity contribution in [3.63, 3.8) is 0 Å². The third kappa shape index (κ3) is 3.78. The number of aryl methyl sites for hydroxylation is 1. The second kappa shape index (κ2) is 5.89. The number of hydrogen-bond acceptors (Lipinski definition) is 5. The number of hydrogen-bond donors (Lipinski definition) is 0. The molecule has 0 saturated heterocycles. The maximum atomic E-state index is 12.5. The lowest BCUT2D eigenvalue weighted by Crippen LogP contribution is -2.13. The number of halogens is 3. The highest BCUT2D eigenvalue weighted by Crippen LogP contribution is 2.30. The topological polar surface area (TPSA) is 80.1 Å². The molecule has 2 rings (SSSR count). The van der Waals surface area contributed by atoms with Gasteiger partial charge < -0.3 is 4.18 Å². The Morgan fingerprint density at radius 2 is 1.74 bits per heavy atom. The largest absolute Gasteiger partial charge is 0.433 e. The first-order valence-corrected chi connectivity index (χ1v) is 7.54. The number of nitriles is 1. The first-order valence-electron chi connectivity index (χ1n) is 6.13. The zero-order valence-electron chi connectivity index (χ0n) is 11.6. The van der Waals surface area contributed by atoms with Gasteiger partial charge in [0, 0.05) is 0 Å². The van der Waals surface area contributed by atoms with Crippen molar-refractivity contribution in [3.8, 4) is 11.8 Å². The molecule has 0 aliphatic heterocycles. The highest BCUT2D eigenvalue weighted by atomic mass is 32.2. The third-order valence-corrected chi connectivity index (χ3v) is 4.01. The van der Waals surface area contributed by atoms with Crippen molar-refractivity contribution < 1.29 is 25.8 Å². The average molecular weight is 342 g/mol. The molecule has 0 saturated carbocycles. The predicted octanol–water partition coefficient (Wildman–Crippen LogP) is 3.05. The van der Waals surface area contributed by atoms with Gasteiger partial charge in [0.05, 0.1) is 0 Å². The van der Waals surface area contributed by atoms with Crippen LogP contribution >= 0.6 is 0 Å². The van der Waals surface area contributed by atoms with Crippen LogP contribution in [-0.4, -0.2) is 13.4 Å². The van der Waals surface area contributed by atoms with Crippen molar-refractivity contribution >= 4 is 10.1 Å². The number of rotatable bonds is 3. The Hall–Kier alpha value is -2.60. The summed E-state index contributed by atoms with van der Waals surface area (Å²) in [7, 11) is -4.28. The van der Waals surface area contributed by atoms with Gasteiger partial charge in [0.1, 0.15) is 16.7 Å². The minimum atomic E-state index is -4.75. The van der Waals surface area contributed by atoms with Gasteiger partial charge in [-0.15, -0.1) is 0 Å². The summed E-state index contributed by atoms with van der Waals surface area (Å²) in [5, 5.41) is 8.86. The average Bonchev–Trinajstić information content (AvgIpc) is 2.46. The van der Waals surface area contributed by atoms with E-state index in [2.05, 4.69) is 4.98 Å². The first kappa shape index (κ1) is 16.8. The van der Waals surface area contributed by atoms with E-state index in [1.165, 1.54) is 30.3 Å². The van der Waals surface area contributed by atoms with E-state index < -0.39 is 33.4 Å². The van der Waals surface area contributed by atoms with Crippen molar-refractivity contribution in [1.82, 2.24) is 4.98 Å². The van der Waals surface area contributed by atoms with Gasteiger partial charge in [0.25, 0.3) is 0 Å². The van der Waals surface area contributed by atoms with E-state index in [0.29, 0.717) is 6.07 Å². The zero-order valence-corrected chi connectivity index (χ0v) is 12.4. The van der Waals surface area contributed by atoms with Crippen LogP contribution in [-0.2, 0) is 16.3 Å². The molecule has 0 spiro atoms. The highest BCUT2D eigenvalue weighted by Gasteiger charge is 2.33. The normalized spacial score (nSPS) is 11.8. The van der Waals surface area contributed by atoms with Crippen molar-refractivity contribution in [1.29, 1.82) is 5.26 Å². The Kier molecular flexibility index (Phi) is 4.29. The number of aromatic nitrogens is 1. The fourth-order valence-corrected chi connectivity index (χ4v) is 2.56. The molecule has 1 heterocycles. The molecule has 0 unspecified atom stereocenters. The van der Waals surface area contributed by atoms with Crippen molar-refractivity contribution in [2.24, 2.45) is 0 Å². The van der Waals surface area contributed by atoms with E-state index in [9.17, 15) is 21.6 Å². The van der Waals surface area contributed by atoms with Gasteiger partial charge in [0.15, 0.2) is 11.4 Å². The van der Waals surface area contributed by atoms with E-state index in [1.54, 1.807) is 6.92 Å². The van der Waals surface area contributed by atoms with Crippen molar-refractivity contribution in [3.05, 3.63) is 53.3 Å². The molecule has 2 aromatic rings. The molecule has 0 N–H and O–H groups in total. The zero-order chi connectivity index (χ0) is 17.3. The van der Waals surface area contributed by atoms with Gasteiger partial charge in [-0.05, 0) is 31.2 Å². The monoisotopic (exact) mass is 342 g/mol. The summed E-state index contributed by atoms with van der Waals surface area (Å²) >= 11 is 0. The Labute approximate surface area is 130 Å². The maximum Gasteiger partial charge on any atom is 0.433 e. The summed E-state index contributed by atoms with van der Waals surface area (Å²) in [6.45, 7) is 1.75. The second-order valence-corrected chi connectivity index (χ2v) is 6.05. The van der Waals surface area contributed by atoms with E-state index >= 15 is 0 Å². The van der Waals surface area contributed by atoms with Crippen LogP contribution in [0.4, 0.5) is 13.2 Å². The second-order valence-electron chi connectivity index (χ2n) is 4.50. The van der Waals surface area contributed by atoms with Gasteiger partial charge in [-0.1, -0.05) is 17.7 Å². The lowest BCUT2D eigenvalue weighted by Gasteiger charge is -2.10. The first-order chi connectivity index (χ1) is 10.6. The minimum Gasteiger partial charge on any atom is -0.376 e. The number of nitrogens with zero attached hydrogens (tertiary/aromatic N) is 2. The Balaban J connectivity index is 2.40. The van der Waals surface area contributed by atoms with Crippen LogP contribution < -0.4 is 4.18 Å². The summed E-state index contributed by atoms with van der Waals surface area (Å²) in [5.74, 6) is -0.568. The lowest BCUT2D eigenvalue weighted by atomic mass is 10.2. The van der Waals surface area contributed by atoms with Crippen LogP contribution in [0.15, 0.2) is 41.3 Å². The minimum absolute atomic E-state index is 0.188. The van der Waals surface area contributed by atoms with E-state index in [1.807, 2.05) is 0 Å². The van der Waals surface area contributed by atoms with Gasteiger partial charge in [0.2, 0.25) is 0 Å². The number of alkyl halides is 3. The third-order valence-electron chi connectivity index (χ3n) is 2.76. The summed E-state index contributed by atoms with van der Waals surface area (Å²) < 4.78 is 66.5. The van der Waals surface area contributed by atoms with Crippen LogP contribution in [0.1, 0.15) is 17.0 Å². The maximum absolute atomic E-state index is 12.5. The molecule has 0 radical (unpaired) electrons. The van der Waals surface area contributed by atoms with Crippen LogP contribution in [0.25, 0.3) is 0 Å². The fourth-order valence-electron chi connectivity index (χ4n) is 1.62. The van der Waals surface area contributed by atoms with Crippen molar-refractivity contribution in [2.45, 2.75) is 18.0 Å².